The van der Waals surface area contributed by atoms with Gasteiger partial charge in [0, 0.05) is 6.61 Å². The predicted octanol–water partition coefficient (Wildman–Crippen LogP) is 2.77. The van der Waals surface area contributed by atoms with Gasteiger partial charge in [0.05, 0.1) is 14.7 Å². The monoisotopic (exact) mass is 208 g/mol. The molecule has 1 nitrogen and oxygen atoms in total. The van der Waals surface area contributed by atoms with Crippen LogP contribution >= 0.6 is 0 Å². The Hall–Kier alpha value is -0.603. The average Bonchev–Trinajstić information content (AvgIpc) is 2.14. The van der Waals surface area contributed by atoms with Gasteiger partial charge in [-0.2, -0.15) is 0 Å². The summed E-state index contributed by atoms with van der Waals surface area (Å²) in [7, 11) is -1.13. The molecule has 1 aromatic rings. The zero-order valence-electron chi connectivity index (χ0n) is 9.63. The van der Waals surface area contributed by atoms with E-state index in [9.17, 15) is 0 Å². The van der Waals surface area contributed by atoms with E-state index in [-0.39, 0.29) is 0 Å². The minimum Gasteiger partial charge on any atom is -0.377 e. The van der Waals surface area contributed by atoms with Crippen LogP contribution in [0, 0.1) is 0 Å². The Morgan fingerprint density at radius 2 is 1.64 bits per heavy atom. The van der Waals surface area contributed by atoms with Crippen molar-refractivity contribution < 1.29 is 4.74 Å². The summed E-state index contributed by atoms with van der Waals surface area (Å²) >= 11 is 0. The Labute approximate surface area is 88.1 Å². The second kappa shape index (κ2) is 4.76. The van der Waals surface area contributed by atoms with E-state index in [0.29, 0.717) is 0 Å². The van der Waals surface area contributed by atoms with Crippen molar-refractivity contribution in [1.82, 2.24) is 0 Å². The van der Waals surface area contributed by atoms with Crippen molar-refractivity contribution in [2.24, 2.45) is 0 Å². The predicted molar refractivity (Wildman–Crippen MR) is 64.8 cm³/mol. The van der Waals surface area contributed by atoms with Crippen LogP contribution in [-0.4, -0.2) is 14.7 Å². The summed E-state index contributed by atoms with van der Waals surface area (Å²) in [6.45, 7) is 10.6. The topological polar surface area (TPSA) is 9.23 Å². The fourth-order valence-corrected chi connectivity index (χ4v) is 2.49. The molecule has 0 spiro atoms. The third-order valence-corrected chi connectivity index (χ3v) is 4.36. The van der Waals surface area contributed by atoms with Gasteiger partial charge in [0.15, 0.2) is 0 Å². The fourth-order valence-electron chi connectivity index (χ4n) is 1.32. The largest absolute Gasteiger partial charge is 0.377 e. The molecule has 0 aromatic heterocycles. The molecule has 0 saturated heterocycles. The molecule has 0 fully saturated rings. The van der Waals surface area contributed by atoms with Crippen molar-refractivity contribution in [3.05, 3.63) is 29.8 Å². The van der Waals surface area contributed by atoms with Crippen LogP contribution in [0.4, 0.5) is 0 Å². The summed E-state index contributed by atoms with van der Waals surface area (Å²) in [5, 5.41) is 1.51. The summed E-state index contributed by atoms with van der Waals surface area (Å²) in [4.78, 5) is 0. The molecule has 0 amide bonds. The highest BCUT2D eigenvalue weighted by molar-refractivity contribution is 6.88. The second-order valence-electron chi connectivity index (χ2n) is 4.58. The first kappa shape index (κ1) is 11.5. The molecule has 0 unspecified atom stereocenters. The van der Waals surface area contributed by atoms with Gasteiger partial charge in [0.1, 0.15) is 0 Å². The number of benzene rings is 1. The molecule has 0 atom stereocenters. The summed E-state index contributed by atoms with van der Waals surface area (Å²) in [6.07, 6.45) is 0. The molecule has 0 saturated carbocycles. The molecule has 0 N–H and O–H groups in total. The van der Waals surface area contributed by atoms with Crippen molar-refractivity contribution in [2.75, 3.05) is 6.61 Å². The van der Waals surface area contributed by atoms with E-state index in [1.165, 1.54) is 10.8 Å². The lowest BCUT2D eigenvalue weighted by molar-refractivity contribution is 0.134. The van der Waals surface area contributed by atoms with Crippen molar-refractivity contribution in [1.29, 1.82) is 0 Å². The summed E-state index contributed by atoms with van der Waals surface area (Å²) in [5.74, 6) is 0. The summed E-state index contributed by atoms with van der Waals surface area (Å²) < 4.78 is 5.36. The molecule has 1 aromatic carbocycles. The van der Waals surface area contributed by atoms with Gasteiger partial charge in [-0.05, 0) is 12.5 Å². The van der Waals surface area contributed by atoms with Crippen molar-refractivity contribution in [3.8, 4) is 0 Å². The van der Waals surface area contributed by atoms with Crippen LogP contribution in [0.25, 0.3) is 0 Å². The molecule has 0 radical (unpaired) electrons. The lowest BCUT2D eigenvalue weighted by atomic mass is 10.2. The van der Waals surface area contributed by atoms with Crippen LogP contribution < -0.4 is 5.19 Å². The minimum atomic E-state index is -1.13. The average molecular weight is 208 g/mol. The van der Waals surface area contributed by atoms with E-state index in [1.54, 1.807) is 0 Å². The standard InChI is InChI=1S/C12H20OSi/c1-5-13-10-11-6-8-12(9-7-11)14(2,3)4/h6-9H,5,10H2,1-4H3. The summed E-state index contributed by atoms with van der Waals surface area (Å²) in [6, 6.07) is 8.87. The number of rotatable bonds is 4. The third-order valence-electron chi connectivity index (χ3n) is 2.29. The second-order valence-corrected chi connectivity index (χ2v) is 9.66. The van der Waals surface area contributed by atoms with Gasteiger partial charge in [-0.25, -0.2) is 0 Å². The van der Waals surface area contributed by atoms with Crippen LogP contribution in [0.2, 0.25) is 19.6 Å². The van der Waals surface area contributed by atoms with Gasteiger partial charge in [-0.15, -0.1) is 0 Å². The Kier molecular flexibility index (Phi) is 3.90. The maximum atomic E-state index is 5.36. The SMILES string of the molecule is CCOCc1ccc([Si](C)(C)C)cc1. The van der Waals surface area contributed by atoms with Crippen LogP contribution in [0.15, 0.2) is 24.3 Å². The lowest BCUT2D eigenvalue weighted by Crippen LogP contribution is -2.37. The Balaban J connectivity index is 2.69. The first-order valence-electron chi connectivity index (χ1n) is 5.21. The number of hydrogen-bond acceptors (Lipinski definition) is 1. The summed E-state index contributed by atoms with van der Waals surface area (Å²) in [5.41, 5.74) is 1.27. The first-order chi connectivity index (χ1) is 6.54. The van der Waals surface area contributed by atoms with E-state index in [2.05, 4.69) is 43.9 Å². The van der Waals surface area contributed by atoms with E-state index < -0.39 is 8.07 Å². The van der Waals surface area contributed by atoms with Gasteiger partial charge < -0.3 is 4.74 Å². The normalized spacial score (nSPS) is 11.7. The smallest absolute Gasteiger partial charge is 0.0775 e. The molecule has 78 valence electrons. The third kappa shape index (κ3) is 3.27. The van der Waals surface area contributed by atoms with E-state index in [0.717, 1.165) is 13.2 Å². The molecule has 0 bridgehead atoms. The van der Waals surface area contributed by atoms with Crippen molar-refractivity contribution >= 4 is 13.3 Å². The Morgan fingerprint density at radius 1 is 1.07 bits per heavy atom. The molecule has 0 aliphatic heterocycles. The van der Waals surface area contributed by atoms with Crippen molar-refractivity contribution in [2.45, 2.75) is 33.2 Å². The van der Waals surface area contributed by atoms with Gasteiger partial charge >= 0.3 is 0 Å². The molecule has 0 heterocycles. The van der Waals surface area contributed by atoms with Crippen LogP contribution in [0.5, 0.6) is 0 Å². The molecule has 2 heteroatoms. The van der Waals surface area contributed by atoms with Crippen LogP contribution in [-0.2, 0) is 11.3 Å². The molecule has 0 aliphatic carbocycles. The molecular weight excluding hydrogens is 188 g/mol. The van der Waals surface area contributed by atoms with Gasteiger partial charge in [-0.3, -0.25) is 0 Å². The zero-order valence-corrected chi connectivity index (χ0v) is 10.6. The van der Waals surface area contributed by atoms with E-state index in [1.807, 2.05) is 6.92 Å². The van der Waals surface area contributed by atoms with Gasteiger partial charge in [0.2, 0.25) is 0 Å². The highest BCUT2D eigenvalue weighted by atomic mass is 28.3. The lowest BCUT2D eigenvalue weighted by Gasteiger charge is -2.16. The maximum Gasteiger partial charge on any atom is 0.0775 e. The highest BCUT2D eigenvalue weighted by Crippen LogP contribution is 2.05. The molecule has 14 heavy (non-hydrogen) atoms. The van der Waals surface area contributed by atoms with Crippen molar-refractivity contribution in [3.63, 3.8) is 0 Å². The van der Waals surface area contributed by atoms with Gasteiger partial charge in [-0.1, -0.05) is 49.1 Å². The first-order valence-corrected chi connectivity index (χ1v) is 8.71. The van der Waals surface area contributed by atoms with E-state index in [4.69, 9.17) is 4.74 Å². The minimum absolute atomic E-state index is 0.739. The number of hydrogen-bond donors (Lipinski definition) is 0. The number of ether oxygens (including phenoxy) is 1. The van der Waals surface area contributed by atoms with E-state index >= 15 is 0 Å². The zero-order chi connectivity index (χ0) is 10.6. The Morgan fingerprint density at radius 3 is 2.07 bits per heavy atom. The van der Waals surface area contributed by atoms with Gasteiger partial charge in [0.25, 0.3) is 0 Å². The highest BCUT2D eigenvalue weighted by Gasteiger charge is 2.15. The maximum absolute atomic E-state index is 5.36. The quantitative estimate of drug-likeness (QED) is 0.691. The molecular formula is C12H20OSi. The molecule has 0 aliphatic rings. The van der Waals surface area contributed by atoms with Crippen LogP contribution in [0.1, 0.15) is 12.5 Å². The van der Waals surface area contributed by atoms with Crippen LogP contribution in [0.3, 0.4) is 0 Å². The fraction of sp³-hybridized carbons (Fsp3) is 0.500. The molecule has 1 rings (SSSR count). The Bertz CT molecular complexity index is 271.